The Morgan fingerprint density at radius 2 is 1.79 bits per heavy atom. The summed E-state index contributed by atoms with van der Waals surface area (Å²) in [5.41, 5.74) is -0.686. The Kier molecular flexibility index (Phi) is 3.84. The molecule has 0 unspecified atom stereocenters. The van der Waals surface area contributed by atoms with Gasteiger partial charge < -0.3 is 9.53 Å². The highest BCUT2D eigenvalue weighted by molar-refractivity contribution is 6.74. The van der Waals surface area contributed by atoms with Gasteiger partial charge in [0.25, 0.3) is 0 Å². The zero-order chi connectivity index (χ0) is 18.3. The molecule has 0 amide bonds. The van der Waals surface area contributed by atoms with Crippen LogP contribution < -0.4 is 0 Å². The summed E-state index contributed by atoms with van der Waals surface area (Å²) in [5, 5.41) is 10.8. The maximum absolute atomic E-state index is 13.1. The smallest absolute Gasteiger partial charge is 0.192 e. The normalized spacial score (nSPS) is 44.7. The van der Waals surface area contributed by atoms with Crippen molar-refractivity contribution in [2.45, 2.75) is 97.6 Å². The molecule has 0 aromatic rings. The van der Waals surface area contributed by atoms with Gasteiger partial charge in [0.15, 0.2) is 8.32 Å². The second-order valence-electron chi connectivity index (χ2n) is 11.0. The molecule has 2 bridgehead atoms. The summed E-state index contributed by atoms with van der Waals surface area (Å²) in [6.45, 7) is 18.2. The van der Waals surface area contributed by atoms with Crippen LogP contribution in [0.3, 0.4) is 0 Å². The van der Waals surface area contributed by atoms with Crippen molar-refractivity contribution in [2.24, 2.45) is 22.2 Å². The molecule has 5 atom stereocenters. The van der Waals surface area contributed by atoms with Crippen LogP contribution in [0.1, 0.15) is 67.2 Å². The van der Waals surface area contributed by atoms with Crippen molar-refractivity contribution in [2.75, 3.05) is 0 Å². The van der Waals surface area contributed by atoms with Crippen LogP contribution in [0, 0.1) is 22.2 Å². The molecule has 0 aliphatic heterocycles. The first kappa shape index (κ1) is 18.6. The van der Waals surface area contributed by atoms with Crippen LogP contribution in [0.2, 0.25) is 18.1 Å². The standard InChI is InChI=1S/C20H36O3Si/c1-17(2,3)24(7,8)23-16-9-10-19(6)13-11-15(22)20(19,12-14(13)21)18(16,4)5/h13-14,16,21H,9-12H2,1-8H3/t13-,14-,16+,19-,20-/m1/s1. The molecule has 4 heteroatoms. The first-order valence-corrected chi connectivity index (χ1v) is 12.5. The van der Waals surface area contributed by atoms with E-state index in [0.29, 0.717) is 18.6 Å². The lowest BCUT2D eigenvalue weighted by Gasteiger charge is -2.59. The number of aliphatic hydroxyl groups is 1. The van der Waals surface area contributed by atoms with Gasteiger partial charge in [-0.25, -0.2) is 0 Å². The van der Waals surface area contributed by atoms with E-state index in [1.807, 2.05) is 0 Å². The first-order chi connectivity index (χ1) is 10.7. The third-order valence-electron chi connectivity index (χ3n) is 8.73. The van der Waals surface area contributed by atoms with Crippen LogP contribution in [0.25, 0.3) is 0 Å². The van der Waals surface area contributed by atoms with E-state index in [1.54, 1.807) is 0 Å². The molecular weight excluding hydrogens is 316 g/mol. The highest BCUT2D eigenvalue weighted by atomic mass is 28.4. The Balaban J connectivity index is 2.00. The highest BCUT2D eigenvalue weighted by Gasteiger charge is 2.77. The lowest BCUT2D eigenvalue weighted by molar-refractivity contribution is -0.163. The fraction of sp³-hybridized carbons (Fsp3) is 0.950. The molecule has 0 aromatic heterocycles. The van der Waals surface area contributed by atoms with Crippen LogP contribution in [0.4, 0.5) is 0 Å². The van der Waals surface area contributed by atoms with Crippen molar-refractivity contribution in [1.29, 1.82) is 0 Å². The first-order valence-electron chi connectivity index (χ1n) is 9.60. The number of aliphatic hydroxyl groups excluding tert-OH is 1. The lowest BCUT2D eigenvalue weighted by atomic mass is 9.47. The van der Waals surface area contributed by atoms with Crippen molar-refractivity contribution < 1.29 is 14.3 Å². The van der Waals surface area contributed by atoms with E-state index >= 15 is 0 Å². The zero-order valence-electron chi connectivity index (χ0n) is 16.8. The van der Waals surface area contributed by atoms with E-state index in [9.17, 15) is 9.90 Å². The highest BCUT2D eigenvalue weighted by Crippen LogP contribution is 2.75. The van der Waals surface area contributed by atoms with Crippen LogP contribution in [0.15, 0.2) is 0 Å². The van der Waals surface area contributed by atoms with Crippen molar-refractivity contribution in [1.82, 2.24) is 0 Å². The van der Waals surface area contributed by atoms with Gasteiger partial charge in [0, 0.05) is 17.3 Å². The van der Waals surface area contributed by atoms with E-state index in [1.165, 1.54) is 0 Å². The summed E-state index contributed by atoms with van der Waals surface area (Å²) in [7, 11) is -1.89. The minimum Gasteiger partial charge on any atom is -0.413 e. The number of ketones is 1. The van der Waals surface area contributed by atoms with Gasteiger partial charge in [-0.15, -0.1) is 0 Å². The van der Waals surface area contributed by atoms with Gasteiger partial charge in [0.2, 0.25) is 0 Å². The van der Waals surface area contributed by atoms with E-state index in [4.69, 9.17) is 4.43 Å². The van der Waals surface area contributed by atoms with Crippen LogP contribution in [-0.4, -0.2) is 31.4 Å². The minimum absolute atomic E-state index is 0.0553. The summed E-state index contributed by atoms with van der Waals surface area (Å²) in [6.07, 6.45) is 3.00. The average Bonchev–Trinajstić information content (AvgIpc) is 2.77. The van der Waals surface area contributed by atoms with Gasteiger partial charge in [-0.1, -0.05) is 41.5 Å². The summed E-state index contributed by atoms with van der Waals surface area (Å²) < 4.78 is 6.85. The molecule has 3 rings (SSSR count). The number of hydrogen-bond acceptors (Lipinski definition) is 3. The summed E-state index contributed by atoms with van der Waals surface area (Å²) in [4.78, 5) is 13.1. The van der Waals surface area contributed by atoms with E-state index in [0.717, 1.165) is 12.8 Å². The minimum atomic E-state index is -1.89. The van der Waals surface area contributed by atoms with Crippen molar-refractivity contribution in [3.63, 3.8) is 0 Å². The zero-order valence-corrected chi connectivity index (χ0v) is 17.8. The molecule has 1 N–H and O–H groups in total. The van der Waals surface area contributed by atoms with Crippen molar-refractivity contribution >= 4 is 14.1 Å². The monoisotopic (exact) mass is 352 g/mol. The molecule has 0 heterocycles. The molecule has 3 nitrogen and oxygen atoms in total. The average molecular weight is 353 g/mol. The second kappa shape index (κ2) is 4.95. The number of carbonyl (C=O) groups excluding carboxylic acids is 1. The molecule has 24 heavy (non-hydrogen) atoms. The third-order valence-corrected chi connectivity index (χ3v) is 13.2. The lowest BCUT2D eigenvalue weighted by Crippen LogP contribution is -2.61. The van der Waals surface area contributed by atoms with Crippen LogP contribution in [0.5, 0.6) is 0 Å². The molecule has 0 spiro atoms. The fourth-order valence-corrected chi connectivity index (χ4v) is 7.64. The Morgan fingerprint density at radius 3 is 2.33 bits per heavy atom. The molecule has 3 saturated carbocycles. The largest absolute Gasteiger partial charge is 0.413 e. The Bertz CT molecular complexity index is 562. The molecule has 3 aliphatic rings. The molecule has 138 valence electrons. The van der Waals surface area contributed by atoms with Gasteiger partial charge in [-0.2, -0.15) is 0 Å². The summed E-state index contributed by atoms with van der Waals surface area (Å²) in [5.74, 6) is 0.534. The third kappa shape index (κ3) is 1.99. The topological polar surface area (TPSA) is 46.5 Å². The van der Waals surface area contributed by atoms with Gasteiger partial charge in [-0.3, -0.25) is 4.79 Å². The predicted octanol–water partition coefficient (Wildman–Crippen LogP) is 4.54. The molecule has 0 radical (unpaired) electrons. The SMILES string of the molecule is CC1(C)[C@@H](O[Si](C)(C)C(C)(C)C)CC[C@]2(C)[C@@H]3CC(=O)[C@]12C[C@H]3O. The van der Waals surface area contributed by atoms with Gasteiger partial charge in [0.1, 0.15) is 5.78 Å². The maximum Gasteiger partial charge on any atom is 0.192 e. The fourth-order valence-electron chi connectivity index (χ4n) is 6.16. The van der Waals surface area contributed by atoms with E-state index in [2.05, 4.69) is 54.6 Å². The summed E-state index contributed by atoms with van der Waals surface area (Å²) in [6, 6.07) is 0. The van der Waals surface area contributed by atoms with E-state index < -0.39 is 13.7 Å². The maximum atomic E-state index is 13.1. The van der Waals surface area contributed by atoms with Crippen molar-refractivity contribution in [3.05, 3.63) is 0 Å². The molecule has 3 fully saturated rings. The number of carbonyl (C=O) groups is 1. The quantitative estimate of drug-likeness (QED) is 0.742. The molecular formula is C20H36O3Si. The van der Waals surface area contributed by atoms with Crippen LogP contribution >= 0.6 is 0 Å². The van der Waals surface area contributed by atoms with E-state index in [-0.39, 0.29) is 34.0 Å². The van der Waals surface area contributed by atoms with Gasteiger partial charge >= 0.3 is 0 Å². The van der Waals surface area contributed by atoms with Crippen LogP contribution in [-0.2, 0) is 9.22 Å². The van der Waals surface area contributed by atoms with Crippen molar-refractivity contribution in [3.8, 4) is 0 Å². The number of hydrogen-bond donors (Lipinski definition) is 1. The Morgan fingerprint density at radius 1 is 1.21 bits per heavy atom. The Labute approximate surface area is 148 Å². The number of rotatable bonds is 2. The predicted molar refractivity (Wildman–Crippen MR) is 99.4 cm³/mol. The molecule has 3 aliphatic carbocycles. The van der Waals surface area contributed by atoms with Gasteiger partial charge in [-0.05, 0) is 48.7 Å². The van der Waals surface area contributed by atoms with Gasteiger partial charge in [0.05, 0.1) is 12.2 Å². The Hall–Kier alpha value is -0.193. The molecule has 0 saturated heterocycles. The number of Topliss-reactive ketones (excluding diaryl/α,β-unsaturated/α-hetero) is 1. The summed E-state index contributed by atoms with van der Waals surface area (Å²) >= 11 is 0. The molecule has 0 aromatic carbocycles. The second-order valence-corrected chi connectivity index (χ2v) is 15.7.